The lowest BCUT2D eigenvalue weighted by Crippen LogP contribution is -2.50. The smallest absolute Gasteiger partial charge is 0.326 e. The zero-order valence-electron chi connectivity index (χ0n) is 11.6. The minimum atomic E-state index is -1.08. The Hall–Kier alpha value is -1.83. The van der Waals surface area contributed by atoms with E-state index in [0.717, 1.165) is 0 Å². The van der Waals surface area contributed by atoms with E-state index in [1.807, 2.05) is 6.92 Å². The number of nitrogens with one attached hydrogen (secondary N) is 2. The first kappa shape index (κ1) is 16.2. The molecule has 0 aromatic carbocycles. The zero-order valence-corrected chi connectivity index (χ0v) is 11.6. The average Bonchev–Trinajstić information content (AvgIpc) is 2.45. The van der Waals surface area contributed by atoms with E-state index >= 15 is 0 Å². The minimum absolute atomic E-state index is 0.149. The van der Waals surface area contributed by atoms with Gasteiger partial charge in [-0.15, -0.1) is 0 Å². The number of hydrogen-bond acceptors (Lipinski definition) is 4. The Labute approximate surface area is 117 Å². The molecule has 20 heavy (non-hydrogen) atoms. The first-order valence-electron chi connectivity index (χ1n) is 6.67. The van der Waals surface area contributed by atoms with Gasteiger partial charge in [0.05, 0.1) is 19.8 Å². The van der Waals surface area contributed by atoms with Crippen LogP contribution in [0.2, 0.25) is 0 Å². The highest BCUT2D eigenvalue weighted by molar-refractivity contribution is 5.86. The average molecular weight is 287 g/mol. The lowest BCUT2D eigenvalue weighted by Gasteiger charge is -2.27. The number of aliphatic carboxylic acids is 1. The quantitative estimate of drug-likeness (QED) is 0.604. The Morgan fingerprint density at radius 1 is 1.30 bits per heavy atom. The molecule has 1 fully saturated rings. The largest absolute Gasteiger partial charge is 0.480 e. The van der Waals surface area contributed by atoms with Crippen molar-refractivity contribution in [3.05, 3.63) is 0 Å². The van der Waals surface area contributed by atoms with Crippen LogP contribution in [0.3, 0.4) is 0 Å². The van der Waals surface area contributed by atoms with Crippen LogP contribution >= 0.6 is 0 Å². The monoisotopic (exact) mass is 287 g/mol. The Bertz CT molecular complexity index is 355. The number of urea groups is 1. The van der Waals surface area contributed by atoms with Gasteiger partial charge in [-0.1, -0.05) is 13.3 Å². The summed E-state index contributed by atoms with van der Waals surface area (Å²) in [5.41, 5.74) is 0. The Morgan fingerprint density at radius 3 is 2.50 bits per heavy atom. The zero-order chi connectivity index (χ0) is 15.0. The van der Waals surface area contributed by atoms with Gasteiger partial charge in [-0.05, 0) is 6.42 Å². The van der Waals surface area contributed by atoms with E-state index < -0.39 is 18.0 Å². The van der Waals surface area contributed by atoms with Crippen molar-refractivity contribution >= 4 is 17.9 Å². The van der Waals surface area contributed by atoms with Gasteiger partial charge in [0.25, 0.3) is 0 Å². The molecule has 1 heterocycles. The van der Waals surface area contributed by atoms with Crippen molar-refractivity contribution in [2.24, 2.45) is 0 Å². The fraction of sp³-hybridized carbons (Fsp3) is 0.750. The Morgan fingerprint density at radius 2 is 1.95 bits per heavy atom. The summed E-state index contributed by atoms with van der Waals surface area (Å²) in [6.45, 7) is 3.69. The molecule has 1 rings (SSSR count). The summed E-state index contributed by atoms with van der Waals surface area (Å²) in [6.07, 6.45) is 0.990. The summed E-state index contributed by atoms with van der Waals surface area (Å²) in [5, 5.41) is 13.6. The van der Waals surface area contributed by atoms with E-state index in [2.05, 4.69) is 10.6 Å². The number of rotatable bonds is 6. The van der Waals surface area contributed by atoms with E-state index in [1.54, 1.807) is 4.90 Å². The van der Waals surface area contributed by atoms with Crippen LogP contribution < -0.4 is 10.6 Å². The summed E-state index contributed by atoms with van der Waals surface area (Å²) in [5.74, 6) is -1.28. The van der Waals surface area contributed by atoms with Gasteiger partial charge < -0.3 is 25.4 Å². The van der Waals surface area contributed by atoms with E-state index in [4.69, 9.17) is 9.84 Å². The fourth-order valence-electron chi connectivity index (χ4n) is 1.84. The third kappa shape index (κ3) is 5.43. The number of hydrogen-bond donors (Lipinski definition) is 3. The standard InChI is InChI=1S/C12H21N3O5/c1-2-3-9(11(17)18)14-12(19)13-8-10(16)15-4-6-20-7-5-15/h9H,2-8H2,1H3,(H,17,18)(H2,13,14,19). The highest BCUT2D eigenvalue weighted by atomic mass is 16.5. The molecule has 3 amide bonds. The van der Waals surface area contributed by atoms with Crippen molar-refractivity contribution in [1.29, 1.82) is 0 Å². The molecule has 0 aliphatic carbocycles. The van der Waals surface area contributed by atoms with Crippen LogP contribution in [-0.2, 0) is 14.3 Å². The topological polar surface area (TPSA) is 108 Å². The molecule has 1 unspecified atom stereocenters. The molecule has 114 valence electrons. The van der Waals surface area contributed by atoms with Crippen molar-refractivity contribution in [3.63, 3.8) is 0 Å². The Kier molecular flexibility index (Phi) is 6.78. The van der Waals surface area contributed by atoms with Crippen LogP contribution in [0.15, 0.2) is 0 Å². The molecule has 0 saturated carbocycles. The maximum absolute atomic E-state index is 11.8. The van der Waals surface area contributed by atoms with Gasteiger partial charge in [0.15, 0.2) is 0 Å². The number of ether oxygens (including phenoxy) is 1. The van der Waals surface area contributed by atoms with Gasteiger partial charge in [-0.3, -0.25) is 4.79 Å². The number of carboxylic acids is 1. The molecular formula is C12H21N3O5. The lowest BCUT2D eigenvalue weighted by atomic mass is 10.2. The predicted octanol–water partition coefficient (Wildman–Crippen LogP) is -0.602. The summed E-state index contributed by atoms with van der Waals surface area (Å²) in [4.78, 5) is 35.8. The molecule has 1 atom stereocenters. The highest BCUT2D eigenvalue weighted by Crippen LogP contribution is 1.98. The number of carbonyl (C=O) groups is 3. The second kappa shape index (κ2) is 8.36. The molecule has 0 bridgehead atoms. The van der Waals surface area contributed by atoms with Crippen molar-refractivity contribution in [3.8, 4) is 0 Å². The van der Waals surface area contributed by atoms with Crippen LogP contribution in [0, 0.1) is 0 Å². The van der Waals surface area contributed by atoms with Gasteiger partial charge in [0, 0.05) is 13.1 Å². The molecule has 0 aromatic rings. The molecule has 1 aliphatic heterocycles. The van der Waals surface area contributed by atoms with E-state index in [0.29, 0.717) is 39.1 Å². The van der Waals surface area contributed by atoms with E-state index in [-0.39, 0.29) is 12.5 Å². The lowest BCUT2D eigenvalue weighted by molar-refractivity contribution is -0.139. The van der Waals surface area contributed by atoms with Crippen LogP contribution in [0.1, 0.15) is 19.8 Å². The summed E-state index contributed by atoms with van der Waals surface area (Å²) >= 11 is 0. The summed E-state index contributed by atoms with van der Waals surface area (Å²) in [7, 11) is 0. The number of amides is 3. The first-order valence-corrected chi connectivity index (χ1v) is 6.67. The molecule has 8 heteroatoms. The third-order valence-electron chi connectivity index (χ3n) is 2.94. The SMILES string of the molecule is CCCC(NC(=O)NCC(=O)N1CCOCC1)C(=O)O. The van der Waals surface area contributed by atoms with Crippen LogP contribution in [-0.4, -0.2) is 66.8 Å². The number of nitrogens with zero attached hydrogens (tertiary/aromatic N) is 1. The number of carbonyl (C=O) groups excluding carboxylic acids is 2. The molecule has 3 N–H and O–H groups in total. The maximum atomic E-state index is 11.8. The van der Waals surface area contributed by atoms with Crippen LogP contribution in [0.5, 0.6) is 0 Å². The normalized spacial score (nSPS) is 16.4. The Balaban J connectivity index is 2.30. The summed E-state index contributed by atoms with van der Waals surface area (Å²) in [6, 6.07) is -1.58. The van der Waals surface area contributed by atoms with Gasteiger partial charge in [-0.2, -0.15) is 0 Å². The van der Waals surface area contributed by atoms with Crippen molar-refractivity contribution in [1.82, 2.24) is 15.5 Å². The van der Waals surface area contributed by atoms with Gasteiger partial charge >= 0.3 is 12.0 Å². The minimum Gasteiger partial charge on any atom is -0.480 e. The van der Waals surface area contributed by atoms with E-state index in [1.165, 1.54) is 0 Å². The predicted molar refractivity (Wildman–Crippen MR) is 70.3 cm³/mol. The number of carboxylic acid groups (broad SMARTS) is 1. The van der Waals surface area contributed by atoms with Gasteiger partial charge in [-0.25, -0.2) is 9.59 Å². The number of morpholine rings is 1. The molecule has 1 saturated heterocycles. The molecule has 8 nitrogen and oxygen atoms in total. The molecule has 0 spiro atoms. The molecule has 1 aliphatic rings. The second-order valence-corrected chi connectivity index (χ2v) is 4.50. The highest BCUT2D eigenvalue weighted by Gasteiger charge is 2.20. The first-order chi connectivity index (χ1) is 9.54. The van der Waals surface area contributed by atoms with Crippen molar-refractivity contribution in [2.75, 3.05) is 32.8 Å². The molecule has 0 aromatic heterocycles. The van der Waals surface area contributed by atoms with Crippen molar-refractivity contribution in [2.45, 2.75) is 25.8 Å². The fourth-order valence-corrected chi connectivity index (χ4v) is 1.84. The van der Waals surface area contributed by atoms with E-state index in [9.17, 15) is 14.4 Å². The molecule has 0 radical (unpaired) electrons. The van der Waals surface area contributed by atoms with Gasteiger partial charge in [0.2, 0.25) is 5.91 Å². The molecular weight excluding hydrogens is 266 g/mol. The summed E-state index contributed by atoms with van der Waals surface area (Å²) < 4.78 is 5.12. The van der Waals surface area contributed by atoms with Crippen molar-refractivity contribution < 1.29 is 24.2 Å². The van der Waals surface area contributed by atoms with Crippen LogP contribution in [0.4, 0.5) is 4.79 Å². The third-order valence-corrected chi connectivity index (χ3v) is 2.94. The second-order valence-electron chi connectivity index (χ2n) is 4.50. The van der Waals surface area contributed by atoms with Gasteiger partial charge in [0.1, 0.15) is 6.04 Å². The van der Waals surface area contributed by atoms with Crippen LogP contribution in [0.25, 0.3) is 0 Å². The maximum Gasteiger partial charge on any atom is 0.326 e.